The first-order valence-electron chi connectivity index (χ1n) is 9.21. The lowest BCUT2D eigenvalue weighted by Crippen LogP contribution is -1.99. The Morgan fingerprint density at radius 3 is 2.64 bits per heavy atom. The van der Waals surface area contributed by atoms with Gasteiger partial charge in [0.2, 0.25) is 0 Å². The van der Waals surface area contributed by atoms with Gasteiger partial charge < -0.3 is 5.11 Å². The lowest BCUT2D eigenvalue weighted by molar-refractivity contribution is 0.438. The van der Waals surface area contributed by atoms with Crippen molar-refractivity contribution in [2.75, 3.05) is 0 Å². The number of hydrogen-bond donors (Lipinski definition) is 1. The Balaban J connectivity index is 2.65. The molecule has 2 nitrogen and oxygen atoms in total. The molecule has 0 amide bonds. The minimum absolute atomic E-state index is 0.119. The summed E-state index contributed by atoms with van der Waals surface area (Å²) in [6, 6.07) is 2.07. The maximum Gasteiger partial charge on any atom is 0.124 e. The Morgan fingerprint density at radius 2 is 1.96 bits per heavy atom. The SMILES string of the molecule is C=C/C=C\C(=C(C)C)/C(=C\C=C)c1cnc2c(c1)/C=C\C/C=C\C=C(\O)C2=C. The summed E-state index contributed by atoms with van der Waals surface area (Å²) in [5, 5.41) is 10.3. The molecule has 2 rings (SSSR count). The summed E-state index contributed by atoms with van der Waals surface area (Å²) in [7, 11) is 0. The van der Waals surface area contributed by atoms with Crippen molar-refractivity contribution >= 4 is 17.2 Å². The third kappa shape index (κ3) is 5.08. The van der Waals surface area contributed by atoms with Gasteiger partial charge in [0.15, 0.2) is 0 Å². The van der Waals surface area contributed by atoms with E-state index in [0.717, 1.165) is 28.7 Å². The van der Waals surface area contributed by atoms with Crippen LogP contribution in [0.3, 0.4) is 0 Å². The standard InChI is InChI=1S/C26H27NO/c1-6-8-15-23(19(3)4)24(13-7-2)22-17-21-14-11-9-10-12-16-25(28)20(5)26(21)27-18-22/h6-8,10-18,28H,1-2,5,9H2,3-4H3/b12-10-,14-11-,15-8-,24-13-,25-16+. The van der Waals surface area contributed by atoms with E-state index in [1.165, 1.54) is 5.57 Å². The van der Waals surface area contributed by atoms with Gasteiger partial charge in [-0.05, 0) is 43.6 Å². The molecule has 0 radical (unpaired) electrons. The van der Waals surface area contributed by atoms with Crippen LogP contribution in [0.5, 0.6) is 0 Å². The zero-order valence-corrected chi connectivity index (χ0v) is 16.7. The van der Waals surface area contributed by atoms with Gasteiger partial charge in [-0.2, -0.15) is 0 Å². The molecule has 0 bridgehead atoms. The number of aromatic nitrogens is 1. The van der Waals surface area contributed by atoms with Crippen molar-refractivity contribution in [1.82, 2.24) is 4.98 Å². The van der Waals surface area contributed by atoms with Gasteiger partial charge in [-0.3, -0.25) is 4.98 Å². The van der Waals surface area contributed by atoms with E-state index < -0.39 is 0 Å². The highest BCUT2D eigenvalue weighted by molar-refractivity contribution is 5.86. The number of aliphatic hydroxyl groups is 1. The molecule has 0 aliphatic heterocycles. The fourth-order valence-electron chi connectivity index (χ4n) is 2.89. The Labute approximate surface area is 168 Å². The Hall–Kier alpha value is -3.39. The average molecular weight is 370 g/mol. The molecule has 1 aromatic heterocycles. The Morgan fingerprint density at radius 1 is 1.18 bits per heavy atom. The minimum Gasteiger partial charge on any atom is -0.507 e. The molecular formula is C26H27NO. The topological polar surface area (TPSA) is 33.1 Å². The molecule has 0 atom stereocenters. The maximum absolute atomic E-state index is 10.3. The quantitative estimate of drug-likeness (QED) is 0.559. The first-order chi connectivity index (χ1) is 13.5. The van der Waals surface area contributed by atoms with Crippen molar-refractivity contribution in [3.63, 3.8) is 0 Å². The molecule has 2 heteroatoms. The maximum atomic E-state index is 10.3. The summed E-state index contributed by atoms with van der Waals surface area (Å²) in [5.74, 6) is 0.119. The Bertz CT molecular complexity index is 958. The highest BCUT2D eigenvalue weighted by Gasteiger charge is 2.14. The molecule has 142 valence electrons. The predicted octanol–water partition coefficient (Wildman–Crippen LogP) is 7.16. The molecule has 1 N–H and O–H groups in total. The lowest BCUT2D eigenvalue weighted by atomic mass is 9.92. The van der Waals surface area contributed by atoms with Gasteiger partial charge >= 0.3 is 0 Å². The molecule has 1 aromatic rings. The smallest absolute Gasteiger partial charge is 0.124 e. The number of aliphatic hydroxyl groups excluding tert-OH is 1. The molecule has 28 heavy (non-hydrogen) atoms. The summed E-state index contributed by atoms with van der Waals surface area (Å²) in [5.41, 5.74) is 6.35. The van der Waals surface area contributed by atoms with E-state index in [2.05, 4.69) is 50.7 Å². The van der Waals surface area contributed by atoms with Crippen LogP contribution in [-0.4, -0.2) is 10.1 Å². The van der Waals surface area contributed by atoms with Crippen molar-refractivity contribution in [3.8, 4) is 0 Å². The number of hydrogen-bond acceptors (Lipinski definition) is 2. The summed E-state index contributed by atoms with van der Waals surface area (Å²) < 4.78 is 0. The average Bonchev–Trinajstić information content (AvgIpc) is 2.68. The van der Waals surface area contributed by atoms with E-state index in [0.29, 0.717) is 11.3 Å². The second-order valence-corrected chi connectivity index (χ2v) is 6.58. The van der Waals surface area contributed by atoms with Crippen LogP contribution in [0.25, 0.3) is 17.2 Å². The largest absolute Gasteiger partial charge is 0.507 e. The second-order valence-electron chi connectivity index (χ2n) is 6.58. The fourth-order valence-corrected chi connectivity index (χ4v) is 2.89. The zero-order chi connectivity index (χ0) is 20.5. The van der Waals surface area contributed by atoms with Gasteiger partial charge in [0.25, 0.3) is 0 Å². The number of pyridine rings is 1. The summed E-state index contributed by atoms with van der Waals surface area (Å²) in [4.78, 5) is 4.63. The molecular weight excluding hydrogens is 342 g/mol. The lowest BCUT2D eigenvalue weighted by Gasteiger charge is -2.15. The number of allylic oxidation sites excluding steroid dienone is 13. The normalized spacial score (nSPS) is 18.6. The highest BCUT2D eigenvalue weighted by Crippen LogP contribution is 2.31. The number of fused-ring (bicyclic) bond motifs is 1. The molecule has 0 saturated heterocycles. The van der Waals surface area contributed by atoms with Crippen LogP contribution < -0.4 is 0 Å². The predicted molar refractivity (Wildman–Crippen MR) is 123 cm³/mol. The van der Waals surface area contributed by atoms with Gasteiger partial charge in [0.05, 0.1) is 5.69 Å². The molecule has 0 aromatic carbocycles. The molecule has 1 aliphatic carbocycles. The monoisotopic (exact) mass is 369 g/mol. The highest BCUT2D eigenvalue weighted by atomic mass is 16.3. The van der Waals surface area contributed by atoms with Crippen LogP contribution >= 0.6 is 0 Å². The summed E-state index contributed by atoms with van der Waals surface area (Å²) in [6.45, 7) is 15.8. The van der Waals surface area contributed by atoms with Gasteiger partial charge in [-0.25, -0.2) is 0 Å². The van der Waals surface area contributed by atoms with Crippen molar-refractivity contribution in [2.24, 2.45) is 0 Å². The van der Waals surface area contributed by atoms with Crippen molar-refractivity contribution in [3.05, 3.63) is 120 Å². The van der Waals surface area contributed by atoms with E-state index in [4.69, 9.17) is 0 Å². The van der Waals surface area contributed by atoms with E-state index in [1.54, 1.807) is 18.2 Å². The number of nitrogens with zero attached hydrogens (tertiary/aromatic N) is 1. The van der Waals surface area contributed by atoms with Gasteiger partial charge in [-0.1, -0.05) is 80.0 Å². The van der Waals surface area contributed by atoms with Crippen LogP contribution in [0.2, 0.25) is 0 Å². The molecule has 0 fully saturated rings. The van der Waals surface area contributed by atoms with Crippen LogP contribution in [0.4, 0.5) is 0 Å². The zero-order valence-electron chi connectivity index (χ0n) is 16.7. The van der Waals surface area contributed by atoms with E-state index in [1.807, 2.05) is 42.7 Å². The fraction of sp³-hybridized carbons (Fsp3) is 0.115. The van der Waals surface area contributed by atoms with Crippen molar-refractivity contribution < 1.29 is 5.11 Å². The van der Waals surface area contributed by atoms with Crippen molar-refractivity contribution in [1.29, 1.82) is 0 Å². The van der Waals surface area contributed by atoms with E-state index >= 15 is 0 Å². The molecule has 1 heterocycles. The van der Waals surface area contributed by atoms with Gasteiger partial charge in [-0.15, -0.1) is 0 Å². The molecule has 0 unspecified atom stereocenters. The molecule has 1 aliphatic rings. The first kappa shape index (κ1) is 20.9. The van der Waals surface area contributed by atoms with E-state index in [-0.39, 0.29) is 5.76 Å². The number of rotatable bonds is 5. The second kappa shape index (κ2) is 10.1. The minimum atomic E-state index is 0.119. The summed E-state index contributed by atoms with van der Waals surface area (Å²) in [6.07, 6.45) is 21.6. The van der Waals surface area contributed by atoms with Crippen LogP contribution in [-0.2, 0) is 0 Å². The summed E-state index contributed by atoms with van der Waals surface area (Å²) >= 11 is 0. The van der Waals surface area contributed by atoms with Crippen LogP contribution in [0, 0.1) is 0 Å². The van der Waals surface area contributed by atoms with Gasteiger partial charge in [0, 0.05) is 22.9 Å². The third-order valence-corrected chi connectivity index (χ3v) is 4.30. The molecule has 0 spiro atoms. The van der Waals surface area contributed by atoms with Crippen molar-refractivity contribution in [2.45, 2.75) is 20.3 Å². The van der Waals surface area contributed by atoms with Gasteiger partial charge in [0.1, 0.15) is 5.76 Å². The van der Waals surface area contributed by atoms with E-state index in [9.17, 15) is 5.11 Å². The molecule has 0 saturated carbocycles. The Kier molecular flexibility index (Phi) is 7.53. The third-order valence-electron chi connectivity index (χ3n) is 4.30. The van der Waals surface area contributed by atoms with Crippen LogP contribution in [0.1, 0.15) is 37.1 Å². The first-order valence-corrected chi connectivity index (χ1v) is 9.21. The van der Waals surface area contributed by atoms with Crippen LogP contribution in [0.15, 0.2) is 104 Å².